The van der Waals surface area contributed by atoms with Crippen LogP contribution < -0.4 is 11.2 Å². The van der Waals surface area contributed by atoms with Crippen molar-refractivity contribution in [1.29, 1.82) is 0 Å². The van der Waals surface area contributed by atoms with Crippen LogP contribution >= 0.6 is 12.4 Å². The quantitative estimate of drug-likeness (QED) is 0.697. The second kappa shape index (κ2) is 8.23. The highest BCUT2D eigenvalue weighted by Crippen LogP contribution is 2.59. The number of hydrogen-bond donors (Lipinski definition) is 1. The van der Waals surface area contributed by atoms with Gasteiger partial charge < -0.3 is 9.47 Å². The van der Waals surface area contributed by atoms with Gasteiger partial charge in [-0.2, -0.15) is 13.2 Å². The second-order valence-corrected chi connectivity index (χ2v) is 8.34. The third kappa shape index (κ3) is 4.34. The van der Waals surface area contributed by atoms with Crippen LogP contribution in [-0.4, -0.2) is 34.1 Å². The summed E-state index contributed by atoms with van der Waals surface area (Å²) in [7, 11) is 0. The minimum atomic E-state index is -4.31. The summed E-state index contributed by atoms with van der Waals surface area (Å²) in [5.41, 5.74) is -0.153. The molecule has 2 atom stereocenters. The van der Waals surface area contributed by atoms with Crippen LogP contribution in [0.5, 0.6) is 0 Å². The summed E-state index contributed by atoms with van der Waals surface area (Å²) in [6.07, 6.45) is -0.0989. The molecule has 0 unspecified atom stereocenters. The van der Waals surface area contributed by atoms with Crippen molar-refractivity contribution in [3.8, 4) is 0 Å². The van der Waals surface area contributed by atoms with E-state index in [-0.39, 0.29) is 23.4 Å². The van der Waals surface area contributed by atoms with Gasteiger partial charge >= 0.3 is 11.9 Å². The maximum absolute atomic E-state index is 13.0. The largest absolute Gasteiger partial charge is 0.416 e. The Bertz CT molecular complexity index is 1030. The molecular weight excluding hydrogens is 419 g/mol. The summed E-state index contributed by atoms with van der Waals surface area (Å²) in [4.78, 5) is 27.8. The number of piperidine rings is 1. The third-order valence-electron chi connectivity index (χ3n) is 6.29. The molecular formula is C21H25ClF3N3O2. The molecule has 0 radical (unpaired) electrons. The minimum absolute atomic E-state index is 0. The van der Waals surface area contributed by atoms with E-state index in [1.165, 1.54) is 16.7 Å². The molecule has 0 bridgehead atoms. The first-order valence-electron chi connectivity index (χ1n) is 9.89. The van der Waals surface area contributed by atoms with Gasteiger partial charge in [-0.15, -0.1) is 12.4 Å². The van der Waals surface area contributed by atoms with Crippen molar-refractivity contribution in [3.63, 3.8) is 0 Å². The third-order valence-corrected chi connectivity index (χ3v) is 6.29. The van der Waals surface area contributed by atoms with Gasteiger partial charge in [0.25, 0.3) is 5.56 Å². The normalized spacial score (nSPS) is 23.1. The molecule has 1 N–H and O–H groups in total. The minimum Gasteiger partial charge on any atom is -0.302 e. The molecule has 0 amide bonds. The van der Waals surface area contributed by atoms with Crippen LogP contribution in [0.15, 0.2) is 40.1 Å². The van der Waals surface area contributed by atoms with E-state index in [0.717, 1.165) is 50.5 Å². The van der Waals surface area contributed by atoms with Crippen LogP contribution in [0, 0.1) is 12.8 Å². The Labute approximate surface area is 178 Å². The van der Waals surface area contributed by atoms with Crippen molar-refractivity contribution in [2.75, 3.05) is 19.6 Å². The maximum atomic E-state index is 13.0. The molecule has 1 aromatic heterocycles. The van der Waals surface area contributed by atoms with Crippen molar-refractivity contribution in [1.82, 2.24) is 14.5 Å². The van der Waals surface area contributed by atoms with E-state index in [9.17, 15) is 22.8 Å². The van der Waals surface area contributed by atoms with E-state index in [1.54, 1.807) is 13.1 Å². The van der Waals surface area contributed by atoms with Crippen LogP contribution in [0.3, 0.4) is 0 Å². The van der Waals surface area contributed by atoms with Crippen molar-refractivity contribution in [3.05, 3.63) is 68.0 Å². The molecule has 1 aromatic carbocycles. The van der Waals surface area contributed by atoms with E-state index in [2.05, 4.69) is 9.88 Å². The Kier molecular flexibility index (Phi) is 6.20. The van der Waals surface area contributed by atoms with Crippen LogP contribution in [0.25, 0.3) is 0 Å². The zero-order valence-electron chi connectivity index (χ0n) is 16.7. The molecule has 1 saturated carbocycles. The number of rotatable bonds is 6. The summed E-state index contributed by atoms with van der Waals surface area (Å²) in [5.74, 6) is 0.426. The molecule has 2 aliphatic rings. The number of nitrogens with zero attached hydrogens (tertiary/aromatic N) is 2. The predicted molar refractivity (Wildman–Crippen MR) is 110 cm³/mol. The molecule has 9 heteroatoms. The molecule has 30 heavy (non-hydrogen) atoms. The molecule has 1 aliphatic carbocycles. The number of H-pyrrole nitrogens is 1. The highest BCUT2D eigenvalue weighted by Gasteiger charge is 2.60. The smallest absolute Gasteiger partial charge is 0.302 e. The van der Waals surface area contributed by atoms with Gasteiger partial charge in [-0.25, -0.2) is 4.79 Å². The van der Waals surface area contributed by atoms with Gasteiger partial charge in [-0.1, -0.05) is 18.2 Å². The first-order chi connectivity index (χ1) is 13.7. The fourth-order valence-corrected chi connectivity index (χ4v) is 4.61. The summed E-state index contributed by atoms with van der Waals surface area (Å²) in [6.45, 7) is 4.75. The number of aromatic nitrogens is 2. The number of aryl methyl sites for hydroxylation is 2. The fraction of sp³-hybridized carbons (Fsp3) is 0.524. The van der Waals surface area contributed by atoms with E-state index >= 15 is 0 Å². The number of unbranched alkanes of at least 4 members (excludes halogenated alkanes) is 1. The van der Waals surface area contributed by atoms with Crippen LogP contribution in [-0.2, 0) is 18.1 Å². The number of benzene rings is 1. The molecule has 4 rings (SSSR count). The molecule has 0 spiro atoms. The number of hydrogen-bond acceptors (Lipinski definition) is 3. The van der Waals surface area contributed by atoms with Gasteiger partial charge in [0.05, 0.1) is 5.56 Å². The lowest BCUT2D eigenvalue weighted by atomic mass is 9.93. The molecule has 2 heterocycles. The lowest BCUT2D eigenvalue weighted by Crippen LogP contribution is -2.31. The lowest BCUT2D eigenvalue weighted by Gasteiger charge is -2.21. The molecule has 5 nitrogen and oxygen atoms in total. The van der Waals surface area contributed by atoms with E-state index in [4.69, 9.17) is 0 Å². The Morgan fingerprint density at radius 3 is 2.67 bits per heavy atom. The molecule has 1 aliphatic heterocycles. The average molecular weight is 444 g/mol. The number of fused-ring (bicyclic) bond motifs is 1. The average Bonchev–Trinajstić information content (AvgIpc) is 3.24. The topological polar surface area (TPSA) is 58.1 Å². The fourth-order valence-electron chi connectivity index (χ4n) is 4.61. The van der Waals surface area contributed by atoms with Gasteiger partial charge in [-0.3, -0.25) is 9.78 Å². The Morgan fingerprint density at radius 2 is 1.93 bits per heavy atom. The Morgan fingerprint density at radius 1 is 1.20 bits per heavy atom. The van der Waals surface area contributed by atoms with Gasteiger partial charge in [0.1, 0.15) is 0 Å². The van der Waals surface area contributed by atoms with E-state index < -0.39 is 17.4 Å². The van der Waals surface area contributed by atoms with Gasteiger partial charge in [0.15, 0.2) is 0 Å². The van der Waals surface area contributed by atoms with Crippen molar-refractivity contribution < 1.29 is 13.2 Å². The Hall–Kier alpha value is -2.06. The first-order valence-corrected chi connectivity index (χ1v) is 9.89. The SMILES string of the molecule is Cc1cn(CCCCN2C[C@H]3C[C@@]3(c3cccc(C(F)(F)F)c3)C2)c(=O)[nH]c1=O.Cl. The number of alkyl halides is 3. The Balaban J connectivity index is 0.00000256. The van der Waals surface area contributed by atoms with Crippen molar-refractivity contribution in [2.45, 2.75) is 44.3 Å². The lowest BCUT2D eigenvalue weighted by molar-refractivity contribution is -0.137. The van der Waals surface area contributed by atoms with Crippen LogP contribution in [0.2, 0.25) is 0 Å². The summed E-state index contributed by atoms with van der Waals surface area (Å²) in [5, 5.41) is 0. The van der Waals surface area contributed by atoms with Crippen LogP contribution in [0.4, 0.5) is 13.2 Å². The zero-order chi connectivity index (χ0) is 20.8. The van der Waals surface area contributed by atoms with Crippen molar-refractivity contribution >= 4 is 12.4 Å². The van der Waals surface area contributed by atoms with Gasteiger partial charge in [-0.05, 0) is 50.3 Å². The highest BCUT2D eigenvalue weighted by molar-refractivity contribution is 5.85. The predicted octanol–water partition coefficient (Wildman–Crippen LogP) is 3.34. The highest BCUT2D eigenvalue weighted by atomic mass is 35.5. The monoisotopic (exact) mass is 443 g/mol. The van der Waals surface area contributed by atoms with E-state index in [0.29, 0.717) is 18.0 Å². The number of likely N-dealkylation sites (tertiary alicyclic amines) is 1. The zero-order valence-corrected chi connectivity index (χ0v) is 17.5. The second-order valence-electron chi connectivity index (χ2n) is 8.34. The van der Waals surface area contributed by atoms with Gasteiger partial charge in [0.2, 0.25) is 0 Å². The molecule has 2 aromatic rings. The summed E-state index contributed by atoms with van der Waals surface area (Å²) in [6, 6.07) is 5.78. The molecule has 2 fully saturated rings. The number of nitrogens with one attached hydrogen (secondary N) is 1. The maximum Gasteiger partial charge on any atom is 0.416 e. The number of halogens is 4. The number of aromatic amines is 1. The molecule has 1 saturated heterocycles. The summed E-state index contributed by atoms with van der Waals surface area (Å²) >= 11 is 0. The first kappa shape index (κ1) is 22.6. The standard InChI is InChI=1S/C21H24F3N3O2.ClH/c1-14-11-27(19(29)25-18(14)28)8-3-2-7-26-12-17-10-20(17,13-26)15-5-4-6-16(9-15)21(22,23)24;/h4-6,9,11,17H,2-3,7-8,10,12-13H2,1H3,(H,25,28,29);1H/t17-,20+;/m1./s1. The van der Waals surface area contributed by atoms with Gasteiger partial charge in [0, 0.05) is 36.8 Å². The van der Waals surface area contributed by atoms with Crippen molar-refractivity contribution in [2.24, 2.45) is 5.92 Å². The van der Waals surface area contributed by atoms with E-state index in [1.807, 2.05) is 6.07 Å². The van der Waals surface area contributed by atoms with Crippen LogP contribution in [0.1, 0.15) is 36.0 Å². The molecule has 164 valence electrons. The summed E-state index contributed by atoms with van der Waals surface area (Å²) < 4.78 is 40.6.